The largest absolute Gasteiger partial charge is 0.506 e. The maximum atomic E-state index is 13.3. The number of Topliss-reactive ketones (excluding diaryl/α,β-unsaturated/α-hetero) is 1. The van der Waals surface area contributed by atoms with Crippen LogP contribution in [0, 0.1) is 49.4 Å². The Morgan fingerprint density at radius 3 is 2.11 bits per heavy atom. The molecule has 5 N–H and O–H groups in total. The minimum atomic E-state index is -6.23. The second-order valence-electron chi connectivity index (χ2n) is 5.17. The summed E-state index contributed by atoms with van der Waals surface area (Å²) in [6, 6.07) is 8.85. The van der Waals surface area contributed by atoms with Crippen LogP contribution in [-0.2, 0) is 0 Å². The minimum Gasteiger partial charge on any atom is -0.506 e. The molecular weight excluding hydrogens is 535 g/mol. The molecule has 6 nitrogen and oxygen atoms in total. The third-order valence-electron chi connectivity index (χ3n) is 3.64. The Kier molecular flexibility index (Phi) is 8.44. The molecule has 0 aliphatic rings. The van der Waals surface area contributed by atoms with Crippen LogP contribution >= 0.6 is 0 Å². The van der Waals surface area contributed by atoms with E-state index < -0.39 is 34.8 Å². The Labute approximate surface area is 193 Å². The van der Waals surface area contributed by atoms with E-state index >= 15 is 0 Å². The van der Waals surface area contributed by atoms with E-state index in [4.69, 9.17) is 0 Å². The molecule has 0 amide bonds. The molecule has 2 aromatic carbocycles. The Morgan fingerprint density at radius 1 is 0.964 bits per heavy atom. The molecule has 3 rings (SSSR count). The van der Waals surface area contributed by atoms with Crippen LogP contribution in [0.3, 0.4) is 0 Å². The summed E-state index contributed by atoms with van der Waals surface area (Å²) in [4.78, 5) is 23.4. The van der Waals surface area contributed by atoms with Crippen LogP contribution in [0.25, 0.3) is 21.7 Å². The van der Waals surface area contributed by atoms with Gasteiger partial charge in [0.2, 0.25) is 0 Å². The predicted molar refractivity (Wildman–Crippen MR) is 84.2 cm³/mol. The molecule has 0 bridgehead atoms. The van der Waals surface area contributed by atoms with E-state index in [0.717, 1.165) is 0 Å². The molecule has 0 aliphatic heterocycles. The first-order valence-electron chi connectivity index (χ1n) is 6.72. The molecular formula is C16H11EuF5O6. The Morgan fingerprint density at radius 2 is 1.54 bits per heavy atom. The molecule has 0 spiro atoms. The number of carbonyl (C=O) groups excluding carboxylic acids is 1. The van der Waals surface area contributed by atoms with E-state index in [1.54, 1.807) is 12.1 Å². The van der Waals surface area contributed by atoms with Crippen molar-refractivity contribution in [2.24, 2.45) is 0 Å². The van der Waals surface area contributed by atoms with Crippen LogP contribution < -0.4 is 5.63 Å². The fourth-order valence-corrected chi connectivity index (χ4v) is 2.44. The summed E-state index contributed by atoms with van der Waals surface area (Å²) >= 11 is 0. The standard InChI is InChI=1S/C16H7F5O4.Eu.2H2O/c17-15(18,16(19,20)21)13(23)11-12(22)10-8-4-2-1-3-7(8)5-6-9(10)25-14(11)24;;;/h1-6,22H;;2*1H2. The number of ketones is 1. The van der Waals surface area contributed by atoms with Gasteiger partial charge in [-0.15, -0.1) is 0 Å². The zero-order valence-electron chi connectivity index (χ0n) is 13.4. The van der Waals surface area contributed by atoms with Gasteiger partial charge in [0.15, 0.2) is 5.56 Å². The van der Waals surface area contributed by atoms with Crippen molar-refractivity contribution < 1.29 is 96.6 Å². The number of aromatic hydroxyl groups is 1. The van der Waals surface area contributed by atoms with Gasteiger partial charge in [-0.3, -0.25) is 4.79 Å². The Bertz CT molecular complexity index is 1080. The number of hydrogen-bond acceptors (Lipinski definition) is 4. The summed E-state index contributed by atoms with van der Waals surface area (Å²) in [5, 5.41) is 10.5. The number of alkyl halides is 5. The quantitative estimate of drug-likeness (QED) is 0.229. The fourth-order valence-electron chi connectivity index (χ4n) is 2.44. The van der Waals surface area contributed by atoms with E-state index in [0.29, 0.717) is 5.39 Å². The second kappa shape index (κ2) is 8.91. The first-order valence-corrected chi connectivity index (χ1v) is 6.72. The summed E-state index contributed by atoms with van der Waals surface area (Å²) in [5.41, 5.74) is -3.78. The SMILES string of the molecule is O.O.O=C(c1c(O)c2c(ccc3ccccc32)oc1=O)C(F)(F)C(F)(F)F.[Eu]. The van der Waals surface area contributed by atoms with Crippen molar-refractivity contribution in [3.8, 4) is 5.75 Å². The smallest absolute Gasteiger partial charge is 0.461 e. The third-order valence-corrected chi connectivity index (χ3v) is 3.64. The number of fused-ring (bicyclic) bond motifs is 3. The molecule has 1 aromatic heterocycles. The van der Waals surface area contributed by atoms with Gasteiger partial charge in [0.05, 0.1) is 5.39 Å². The van der Waals surface area contributed by atoms with Crippen LogP contribution in [0.4, 0.5) is 22.0 Å². The van der Waals surface area contributed by atoms with Crippen molar-refractivity contribution in [1.82, 2.24) is 0 Å². The minimum absolute atomic E-state index is 0. The summed E-state index contributed by atoms with van der Waals surface area (Å²) in [6.07, 6.45) is -6.23. The van der Waals surface area contributed by atoms with Crippen LogP contribution in [0.1, 0.15) is 10.4 Å². The first-order chi connectivity index (χ1) is 11.6. The Hall–Kier alpha value is -1.47. The molecule has 153 valence electrons. The maximum Gasteiger partial charge on any atom is 0.461 e. The van der Waals surface area contributed by atoms with Gasteiger partial charge in [-0.2, -0.15) is 22.0 Å². The third kappa shape index (κ3) is 4.11. The van der Waals surface area contributed by atoms with Gasteiger partial charge in [-0.05, 0) is 16.8 Å². The van der Waals surface area contributed by atoms with Gasteiger partial charge in [0.25, 0.3) is 5.78 Å². The topological polar surface area (TPSA) is 131 Å². The molecule has 0 fully saturated rings. The first kappa shape index (κ1) is 26.5. The molecule has 1 radical (unpaired) electrons. The number of benzene rings is 2. The molecule has 1 heterocycles. The van der Waals surface area contributed by atoms with E-state index in [2.05, 4.69) is 4.42 Å². The number of carbonyl (C=O) groups is 1. The molecule has 12 heteroatoms. The fraction of sp³-hybridized carbons (Fsp3) is 0.125. The molecule has 3 aromatic rings. The van der Waals surface area contributed by atoms with E-state index in [9.17, 15) is 36.6 Å². The zero-order valence-corrected chi connectivity index (χ0v) is 15.8. The molecule has 0 unspecified atom stereocenters. The van der Waals surface area contributed by atoms with Crippen LogP contribution in [-0.4, -0.2) is 33.9 Å². The number of halogens is 5. The Balaban J connectivity index is 0.00000243. The van der Waals surface area contributed by atoms with Crippen molar-refractivity contribution in [3.05, 3.63) is 52.4 Å². The number of hydrogen-bond donors (Lipinski definition) is 1. The van der Waals surface area contributed by atoms with E-state index in [1.807, 2.05) is 0 Å². The average molecular weight is 546 g/mol. The van der Waals surface area contributed by atoms with Gasteiger partial charge in [-0.1, -0.05) is 30.3 Å². The molecule has 0 atom stereocenters. The maximum absolute atomic E-state index is 13.3. The predicted octanol–water partition coefficient (Wildman–Crippen LogP) is 2.38. The van der Waals surface area contributed by atoms with Crippen LogP contribution in [0.2, 0.25) is 0 Å². The van der Waals surface area contributed by atoms with Crippen LogP contribution in [0.5, 0.6) is 5.75 Å². The molecule has 0 saturated carbocycles. The van der Waals surface area contributed by atoms with Crippen molar-refractivity contribution in [1.29, 1.82) is 0 Å². The summed E-state index contributed by atoms with van der Waals surface area (Å²) in [6.45, 7) is 0. The number of rotatable bonds is 2. The van der Waals surface area contributed by atoms with Gasteiger partial charge < -0.3 is 20.5 Å². The normalized spacial score (nSPS) is 11.3. The van der Waals surface area contributed by atoms with Crippen molar-refractivity contribution in [2.45, 2.75) is 12.1 Å². The van der Waals surface area contributed by atoms with E-state index in [-0.39, 0.29) is 76.7 Å². The molecule has 0 saturated heterocycles. The van der Waals surface area contributed by atoms with Gasteiger partial charge in [0, 0.05) is 49.4 Å². The monoisotopic (exact) mass is 547 g/mol. The van der Waals surface area contributed by atoms with Crippen LogP contribution in [0.15, 0.2) is 45.6 Å². The average Bonchev–Trinajstić information content (AvgIpc) is 2.52. The van der Waals surface area contributed by atoms with Crippen molar-refractivity contribution >= 4 is 27.5 Å². The van der Waals surface area contributed by atoms with Gasteiger partial charge in [-0.25, -0.2) is 4.79 Å². The van der Waals surface area contributed by atoms with Gasteiger partial charge >= 0.3 is 17.7 Å². The zero-order chi connectivity index (χ0) is 18.6. The van der Waals surface area contributed by atoms with E-state index in [1.165, 1.54) is 24.3 Å². The summed E-state index contributed by atoms with van der Waals surface area (Å²) in [7, 11) is 0. The van der Waals surface area contributed by atoms with Crippen molar-refractivity contribution in [2.75, 3.05) is 0 Å². The van der Waals surface area contributed by atoms with Crippen molar-refractivity contribution in [3.63, 3.8) is 0 Å². The summed E-state index contributed by atoms with van der Waals surface area (Å²) in [5.74, 6) is -10.0. The van der Waals surface area contributed by atoms with Gasteiger partial charge in [0.1, 0.15) is 11.3 Å². The molecule has 28 heavy (non-hydrogen) atoms. The summed E-state index contributed by atoms with van der Waals surface area (Å²) < 4.78 is 68.6. The molecule has 0 aliphatic carbocycles. The second-order valence-corrected chi connectivity index (χ2v) is 5.17.